The van der Waals surface area contributed by atoms with E-state index in [4.69, 9.17) is 0 Å². The Bertz CT molecular complexity index is 379. The fraction of sp³-hybridized carbons (Fsp3) is 0.667. The zero-order valence-corrected chi connectivity index (χ0v) is 14.0. The third-order valence-electron chi connectivity index (χ3n) is 4.51. The molecule has 112 valence electrons. The highest BCUT2D eigenvalue weighted by Gasteiger charge is 2.21. The Labute approximate surface area is 128 Å². The van der Waals surface area contributed by atoms with Crippen LogP contribution in [0.4, 0.5) is 0 Å². The highest BCUT2D eigenvalue weighted by atomic mass is 32.2. The van der Waals surface area contributed by atoms with Crippen molar-refractivity contribution in [3.63, 3.8) is 0 Å². The summed E-state index contributed by atoms with van der Waals surface area (Å²) < 4.78 is 0. The predicted molar refractivity (Wildman–Crippen MR) is 91.5 cm³/mol. The summed E-state index contributed by atoms with van der Waals surface area (Å²) in [4.78, 5) is 0. The lowest BCUT2D eigenvalue weighted by Crippen LogP contribution is -2.35. The van der Waals surface area contributed by atoms with Crippen LogP contribution in [0.2, 0.25) is 0 Å². The van der Waals surface area contributed by atoms with E-state index < -0.39 is 0 Å². The van der Waals surface area contributed by atoms with E-state index in [1.807, 2.05) is 11.8 Å². The quantitative estimate of drug-likeness (QED) is 0.794. The summed E-state index contributed by atoms with van der Waals surface area (Å²) in [5.74, 6) is 0. The Balaban J connectivity index is 1.83. The zero-order valence-electron chi connectivity index (χ0n) is 13.2. The first-order valence-electron chi connectivity index (χ1n) is 8.10. The Morgan fingerprint density at radius 2 is 1.80 bits per heavy atom. The Hall–Kier alpha value is -0.470. The Morgan fingerprint density at radius 1 is 1.15 bits per heavy atom. The summed E-state index contributed by atoms with van der Waals surface area (Å²) in [6.45, 7) is 4.54. The van der Waals surface area contributed by atoms with Crippen LogP contribution >= 0.6 is 11.8 Å². The first kappa shape index (κ1) is 15.9. The summed E-state index contributed by atoms with van der Waals surface area (Å²) in [5.41, 5.74) is 2.89. The fourth-order valence-electron chi connectivity index (χ4n) is 3.18. The first-order chi connectivity index (χ1) is 9.72. The van der Waals surface area contributed by atoms with Crippen LogP contribution in [-0.4, -0.2) is 17.5 Å². The maximum Gasteiger partial charge on any atom is 0.0294 e. The number of aryl methyl sites for hydroxylation is 1. The summed E-state index contributed by atoms with van der Waals surface area (Å²) in [5, 5.41) is 4.72. The van der Waals surface area contributed by atoms with E-state index in [0.717, 1.165) is 5.25 Å². The molecule has 1 saturated carbocycles. The maximum atomic E-state index is 3.82. The molecule has 1 aromatic rings. The van der Waals surface area contributed by atoms with Crippen LogP contribution in [0, 0.1) is 0 Å². The van der Waals surface area contributed by atoms with E-state index in [2.05, 4.69) is 49.7 Å². The van der Waals surface area contributed by atoms with Crippen molar-refractivity contribution in [2.45, 2.75) is 69.7 Å². The fourth-order valence-corrected chi connectivity index (χ4v) is 3.92. The number of thioether (sulfide) groups is 1. The minimum Gasteiger partial charge on any atom is -0.307 e. The highest BCUT2D eigenvalue weighted by molar-refractivity contribution is 7.99. The van der Waals surface area contributed by atoms with E-state index in [1.165, 1.54) is 49.7 Å². The van der Waals surface area contributed by atoms with E-state index in [1.54, 1.807) is 0 Å². The molecule has 1 aliphatic carbocycles. The Kier molecular flexibility index (Phi) is 6.44. The molecule has 0 aliphatic heterocycles. The molecule has 0 heterocycles. The summed E-state index contributed by atoms with van der Waals surface area (Å²) in [7, 11) is 0. The molecule has 0 spiro atoms. The van der Waals surface area contributed by atoms with E-state index >= 15 is 0 Å². The SMILES string of the molecule is CCCc1ccc(C(C)NC2CCC(SC)CC2)cc1. The average Bonchev–Trinajstić information content (AvgIpc) is 2.49. The lowest BCUT2D eigenvalue weighted by Gasteiger charge is -2.30. The van der Waals surface area contributed by atoms with Gasteiger partial charge in [-0.3, -0.25) is 0 Å². The van der Waals surface area contributed by atoms with Crippen molar-refractivity contribution in [3.05, 3.63) is 35.4 Å². The topological polar surface area (TPSA) is 12.0 Å². The zero-order chi connectivity index (χ0) is 14.4. The van der Waals surface area contributed by atoms with Gasteiger partial charge in [0.05, 0.1) is 0 Å². The second-order valence-electron chi connectivity index (χ2n) is 6.09. The van der Waals surface area contributed by atoms with Crippen LogP contribution in [0.25, 0.3) is 0 Å². The van der Waals surface area contributed by atoms with E-state index in [9.17, 15) is 0 Å². The van der Waals surface area contributed by atoms with Crippen molar-refractivity contribution >= 4 is 11.8 Å². The minimum atomic E-state index is 0.474. The molecule has 1 fully saturated rings. The smallest absolute Gasteiger partial charge is 0.0294 e. The summed E-state index contributed by atoms with van der Waals surface area (Å²) >= 11 is 2.04. The van der Waals surface area contributed by atoms with E-state index in [0.29, 0.717) is 12.1 Å². The molecule has 1 unspecified atom stereocenters. The van der Waals surface area contributed by atoms with Crippen LogP contribution in [0.5, 0.6) is 0 Å². The third-order valence-corrected chi connectivity index (χ3v) is 5.65. The molecule has 0 aromatic heterocycles. The van der Waals surface area contributed by atoms with Gasteiger partial charge >= 0.3 is 0 Å². The largest absolute Gasteiger partial charge is 0.307 e. The molecule has 0 saturated heterocycles. The van der Waals surface area contributed by atoms with Gasteiger partial charge in [-0.15, -0.1) is 0 Å². The molecule has 20 heavy (non-hydrogen) atoms. The summed E-state index contributed by atoms with van der Waals surface area (Å²) in [6, 6.07) is 10.4. The average molecular weight is 292 g/mol. The lowest BCUT2D eigenvalue weighted by molar-refractivity contribution is 0.352. The molecule has 0 amide bonds. The third kappa shape index (κ3) is 4.53. The van der Waals surface area contributed by atoms with Crippen molar-refractivity contribution in [1.29, 1.82) is 0 Å². The molecule has 0 radical (unpaired) electrons. The van der Waals surface area contributed by atoms with Crippen molar-refractivity contribution < 1.29 is 0 Å². The molecule has 2 heteroatoms. The molecule has 2 rings (SSSR count). The van der Waals surface area contributed by atoms with Crippen LogP contribution in [0.15, 0.2) is 24.3 Å². The molecule has 1 aliphatic rings. The van der Waals surface area contributed by atoms with Gasteiger partial charge in [0.25, 0.3) is 0 Å². The maximum absolute atomic E-state index is 3.82. The van der Waals surface area contributed by atoms with Gasteiger partial charge < -0.3 is 5.32 Å². The van der Waals surface area contributed by atoms with Gasteiger partial charge in [0.1, 0.15) is 0 Å². The molecule has 0 bridgehead atoms. The monoisotopic (exact) mass is 291 g/mol. The number of nitrogens with one attached hydrogen (secondary N) is 1. The molecule has 1 N–H and O–H groups in total. The van der Waals surface area contributed by atoms with Crippen molar-refractivity contribution in [2.24, 2.45) is 0 Å². The number of benzene rings is 1. The van der Waals surface area contributed by atoms with Gasteiger partial charge in [0, 0.05) is 17.3 Å². The van der Waals surface area contributed by atoms with Crippen LogP contribution < -0.4 is 5.32 Å². The molecule has 1 aromatic carbocycles. The summed E-state index contributed by atoms with van der Waals surface area (Å²) in [6.07, 6.45) is 10.1. The number of rotatable bonds is 6. The van der Waals surface area contributed by atoms with Gasteiger partial charge in [-0.2, -0.15) is 11.8 Å². The van der Waals surface area contributed by atoms with Gasteiger partial charge in [-0.1, -0.05) is 37.6 Å². The molecule has 1 atom stereocenters. The normalized spacial score (nSPS) is 24.6. The molecule has 1 nitrogen and oxygen atoms in total. The van der Waals surface area contributed by atoms with Crippen LogP contribution in [0.1, 0.15) is 63.1 Å². The molecular weight excluding hydrogens is 262 g/mol. The van der Waals surface area contributed by atoms with Crippen LogP contribution in [0.3, 0.4) is 0 Å². The second-order valence-corrected chi connectivity index (χ2v) is 7.23. The van der Waals surface area contributed by atoms with Crippen molar-refractivity contribution in [1.82, 2.24) is 5.32 Å². The minimum absolute atomic E-state index is 0.474. The van der Waals surface area contributed by atoms with E-state index in [-0.39, 0.29) is 0 Å². The van der Waals surface area contributed by atoms with Gasteiger partial charge in [0.2, 0.25) is 0 Å². The van der Waals surface area contributed by atoms with Crippen molar-refractivity contribution in [3.8, 4) is 0 Å². The van der Waals surface area contributed by atoms with Gasteiger partial charge in [-0.25, -0.2) is 0 Å². The predicted octanol–water partition coefficient (Wildman–Crippen LogP) is 4.96. The highest BCUT2D eigenvalue weighted by Crippen LogP contribution is 2.28. The lowest BCUT2D eigenvalue weighted by atomic mass is 9.93. The number of hydrogen-bond acceptors (Lipinski definition) is 2. The van der Waals surface area contributed by atoms with Gasteiger partial charge in [-0.05, 0) is 56.4 Å². The molecular formula is C18H29NS. The van der Waals surface area contributed by atoms with Gasteiger partial charge in [0.15, 0.2) is 0 Å². The second kappa shape index (κ2) is 8.09. The van der Waals surface area contributed by atoms with Crippen LogP contribution in [-0.2, 0) is 6.42 Å². The van der Waals surface area contributed by atoms with Crippen molar-refractivity contribution in [2.75, 3.05) is 6.26 Å². The standard InChI is InChI=1S/C18H29NS/c1-4-5-15-6-8-16(9-7-15)14(2)19-17-10-12-18(20-3)13-11-17/h6-9,14,17-19H,4-5,10-13H2,1-3H3. The Morgan fingerprint density at radius 3 is 2.35 bits per heavy atom. The first-order valence-corrected chi connectivity index (χ1v) is 9.39. The number of hydrogen-bond donors (Lipinski definition) is 1.